The molecule has 1 N–H and O–H groups in total. The van der Waals surface area contributed by atoms with Crippen LogP contribution < -0.4 is 0 Å². The average Bonchev–Trinajstić information content (AvgIpc) is 3.34. The zero-order valence-electron chi connectivity index (χ0n) is 13.4. The zero-order valence-corrected chi connectivity index (χ0v) is 13.4. The summed E-state index contributed by atoms with van der Waals surface area (Å²) in [4.78, 5) is 27.2. The summed E-state index contributed by atoms with van der Waals surface area (Å²) in [5.74, 6) is -0.0824. The molecule has 130 valence electrons. The van der Waals surface area contributed by atoms with Crippen LogP contribution in [0.25, 0.3) is 5.65 Å². The van der Waals surface area contributed by atoms with Crippen molar-refractivity contribution in [1.29, 1.82) is 0 Å². The standard InChI is InChI=1S/C14H14N6O2.CH2O2/c1-9-13(18-22-17-9)10-5-3-7-19(10)14(21)11-4-2-6-12-15-8-16-20(11)12;2-1-3/h2,4,6,8,10H,3,5,7H2,1H3;1H,(H,2,3). The Morgan fingerprint density at radius 1 is 1.40 bits per heavy atom. The lowest BCUT2D eigenvalue weighted by Crippen LogP contribution is -2.32. The molecule has 1 aliphatic heterocycles. The molecule has 0 spiro atoms. The van der Waals surface area contributed by atoms with Gasteiger partial charge in [-0.2, -0.15) is 5.10 Å². The summed E-state index contributed by atoms with van der Waals surface area (Å²) in [5.41, 5.74) is 2.61. The minimum Gasteiger partial charge on any atom is -0.483 e. The molecule has 0 bridgehead atoms. The van der Waals surface area contributed by atoms with Crippen molar-refractivity contribution >= 4 is 18.0 Å². The van der Waals surface area contributed by atoms with Gasteiger partial charge < -0.3 is 10.0 Å². The Balaban J connectivity index is 0.000000569. The number of carbonyl (C=O) groups excluding carboxylic acids is 1. The van der Waals surface area contributed by atoms with Crippen molar-refractivity contribution in [3.05, 3.63) is 41.6 Å². The fourth-order valence-electron chi connectivity index (χ4n) is 2.99. The Morgan fingerprint density at radius 3 is 2.92 bits per heavy atom. The Morgan fingerprint density at radius 2 is 2.20 bits per heavy atom. The van der Waals surface area contributed by atoms with Gasteiger partial charge in [-0.05, 0) is 31.9 Å². The van der Waals surface area contributed by atoms with Gasteiger partial charge >= 0.3 is 0 Å². The van der Waals surface area contributed by atoms with E-state index in [0.717, 1.165) is 24.2 Å². The van der Waals surface area contributed by atoms with Gasteiger partial charge in [0.1, 0.15) is 23.4 Å². The van der Waals surface area contributed by atoms with Crippen LogP contribution >= 0.6 is 0 Å². The normalized spacial score (nSPS) is 16.5. The molecule has 1 unspecified atom stereocenters. The molecule has 1 aliphatic rings. The fourth-order valence-corrected chi connectivity index (χ4v) is 2.99. The van der Waals surface area contributed by atoms with Gasteiger partial charge in [-0.3, -0.25) is 9.59 Å². The smallest absolute Gasteiger partial charge is 0.290 e. The maximum Gasteiger partial charge on any atom is 0.290 e. The highest BCUT2D eigenvalue weighted by molar-refractivity contribution is 5.93. The molecule has 0 aromatic carbocycles. The third-order valence-electron chi connectivity index (χ3n) is 4.04. The van der Waals surface area contributed by atoms with Crippen molar-refractivity contribution in [1.82, 2.24) is 29.8 Å². The van der Waals surface area contributed by atoms with Crippen LogP contribution in [0.15, 0.2) is 29.2 Å². The number of rotatable bonds is 2. The second-order valence-corrected chi connectivity index (χ2v) is 5.44. The second kappa shape index (κ2) is 7.07. The number of pyridine rings is 1. The predicted octanol–water partition coefficient (Wildman–Crippen LogP) is 1.10. The van der Waals surface area contributed by atoms with E-state index >= 15 is 0 Å². The van der Waals surface area contributed by atoms with E-state index in [1.807, 2.05) is 24.0 Å². The Bertz CT molecular complexity index is 889. The maximum atomic E-state index is 12.9. The topological polar surface area (TPSA) is 127 Å². The molecule has 3 aromatic heterocycles. The molecule has 0 radical (unpaired) electrons. The van der Waals surface area contributed by atoms with Crippen LogP contribution in [0.5, 0.6) is 0 Å². The van der Waals surface area contributed by atoms with Gasteiger partial charge in [-0.15, -0.1) is 0 Å². The third kappa shape index (κ3) is 3.05. The maximum absolute atomic E-state index is 12.9. The summed E-state index contributed by atoms with van der Waals surface area (Å²) in [7, 11) is 0. The molecule has 10 heteroatoms. The third-order valence-corrected chi connectivity index (χ3v) is 4.04. The number of hydrogen-bond donors (Lipinski definition) is 1. The van der Waals surface area contributed by atoms with Crippen LogP contribution in [0, 0.1) is 6.92 Å². The van der Waals surface area contributed by atoms with E-state index in [1.54, 1.807) is 10.6 Å². The molecule has 1 fully saturated rings. The molecular weight excluding hydrogens is 328 g/mol. The number of hydrogen-bond acceptors (Lipinski definition) is 7. The summed E-state index contributed by atoms with van der Waals surface area (Å²) >= 11 is 0. The van der Waals surface area contributed by atoms with Crippen LogP contribution in [0.4, 0.5) is 0 Å². The van der Waals surface area contributed by atoms with E-state index in [2.05, 4.69) is 20.4 Å². The highest BCUT2D eigenvalue weighted by Crippen LogP contribution is 2.33. The van der Waals surface area contributed by atoms with Gasteiger partial charge in [0, 0.05) is 6.54 Å². The highest BCUT2D eigenvalue weighted by Gasteiger charge is 2.34. The first-order chi connectivity index (χ1) is 12.2. The lowest BCUT2D eigenvalue weighted by molar-refractivity contribution is -0.122. The summed E-state index contributed by atoms with van der Waals surface area (Å²) in [5, 5.41) is 18.8. The van der Waals surface area contributed by atoms with Crippen molar-refractivity contribution in [2.24, 2.45) is 0 Å². The van der Waals surface area contributed by atoms with Gasteiger partial charge in [0.15, 0.2) is 5.65 Å². The molecule has 1 atom stereocenters. The first-order valence-corrected chi connectivity index (χ1v) is 7.64. The van der Waals surface area contributed by atoms with E-state index in [-0.39, 0.29) is 18.4 Å². The highest BCUT2D eigenvalue weighted by atomic mass is 16.6. The van der Waals surface area contributed by atoms with Gasteiger partial charge in [0.05, 0.1) is 6.04 Å². The van der Waals surface area contributed by atoms with E-state index < -0.39 is 0 Å². The van der Waals surface area contributed by atoms with Crippen molar-refractivity contribution in [2.75, 3.05) is 6.54 Å². The van der Waals surface area contributed by atoms with E-state index in [0.29, 0.717) is 17.9 Å². The number of aromatic nitrogens is 5. The molecule has 0 saturated carbocycles. The first kappa shape index (κ1) is 16.6. The number of carbonyl (C=O) groups is 2. The summed E-state index contributed by atoms with van der Waals surface area (Å²) < 4.78 is 6.34. The Kier molecular flexibility index (Phi) is 4.68. The van der Waals surface area contributed by atoms with Crippen molar-refractivity contribution in [3.8, 4) is 0 Å². The minimum absolute atomic E-state index is 0.0824. The first-order valence-electron chi connectivity index (χ1n) is 7.64. The lowest BCUT2D eigenvalue weighted by Gasteiger charge is -2.23. The number of aryl methyl sites for hydroxylation is 1. The zero-order chi connectivity index (χ0) is 17.8. The number of nitrogens with zero attached hydrogens (tertiary/aromatic N) is 6. The van der Waals surface area contributed by atoms with Crippen LogP contribution in [0.2, 0.25) is 0 Å². The summed E-state index contributed by atoms with van der Waals surface area (Å²) in [6.07, 6.45) is 3.23. The average molecular weight is 344 g/mol. The van der Waals surface area contributed by atoms with Crippen LogP contribution in [0.3, 0.4) is 0 Å². The van der Waals surface area contributed by atoms with Gasteiger partial charge in [0.25, 0.3) is 12.4 Å². The largest absolute Gasteiger partial charge is 0.483 e. The summed E-state index contributed by atoms with van der Waals surface area (Å²) in [6.45, 7) is 2.27. The minimum atomic E-state index is -0.250. The van der Waals surface area contributed by atoms with E-state index in [9.17, 15) is 4.79 Å². The molecule has 3 aromatic rings. The van der Waals surface area contributed by atoms with Crippen LogP contribution in [-0.2, 0) is 4.79 Å². The molecule has 1 saturated heterocycles. The lowest BCUT2D eigenvalue weighted by atomic mass is 10.1. The monoisotopic (exact) mass is 344 g/mol. The molecule has 0 aliphatic carbocycles. The molecular formula is C15H16N6O4. The SMILES string of the molecule is Cc1nonc1C1CCCN1C(=O)c1cccc2ncnn12.O=CO. The molecule has 25 heavy (non-hydrogen) atoms. The number of likely N-dealkylation sites (tertiary alicyclic amines) is 1. The van der Waals surface area contributed by atoms with Crippen LogP contribution in [-0.4, -0.2) is 53.8 Å². The second-order valence-electron chi connectivity index (χ2n) is 5.44. The quantitative estimate of drug-likeness (QED) is 0.685. The summed E-state index contributed by atoms with van der Waals surface area (Å²) in [6, 6.07) is 5.28. The van der Waals surface area contributed by atoms with Crippen LogP contribution in [0.1, 0.15) is 40.8 Å². The number of amides is 1. The van der Waals surface area contributed by atoms with Gasteiger partial charge in [0.2, 0.25) is 0 Å². The molecule has 1 amide bonds. The van der Waals surface area contributed by atoms with Crippen molar-refractivity contribution in [3.63, 3.8) is 0 Å². The predicted molar refractivity (Wildman–Crippen MR) is 83.7 cm³/mol. The van der Waals surface area contributed by atoms with Crippen molar-refractivity contribution in [2.45, 2.75) is 25.8 Å². The molecule has 4 heterocycles. The molecule has 10 nitrogen and oxygen atoms in total. The number of carboxylic acid groups (broad SMARTS) is 1. The van der Waals surface area contributed by atoms with Gasteiger partial charge in [-0.1, -0.05) is 16.4 Å². The van der Waals surface area contributed by atoms with Crippen molar-refractivity contribution < 1.29 is 19.3 Å². The Hall–Kier alpha value is -3.30. The fraction of sp³-hybridized carbons (Fsp3) is 0.333. The van der Waals surface area contributed by atoms with Gasteiger partial charge in [-0.25, -0.2) is 14.1 Å². The Labute approximate surface area is 142 Å². The van der Waals surface area contributed by atoms with E-state index in [4.69, 9.17) is 14.5 Å². The molecule has 4 rings (SSSR count). The number of fused-ring (bicyclic) bond motifs is 1. The van der Waals surface area contributed by atoms with E-state index in [1.165, 1.54) is 6.33 Å².